The van der Waals surface area contributed by atoms with Gasteiger partial charge in [-0.25, -0.2) is 0 Å². The van der Waals surface area contributed by atoms with Crippen LogP contribution >= 0.6 is 0 Å². The molecule has 0 aromatic heterocycles. The zero-order valence-electron chi connectivity index (χ0n) is 12.8. The molecule has 21 heavy (non-hydrogen) atoms. The lowest BCUT2D eigenvalue weighted by atomic mass is 9.85. The minimum absolute atomic E-state index is 0.284. The first-order chi connectivity index (χ1) is 10.1. The fourth-order valence-electron chi connectivity index (χ4n) is 2.37. The van der Waals surface area contributed by atoms with Crippen molar-refractivity contribution in [1.29, 1.82) is 0 Å². The molecule has 3 nitrogen and oxygen atoms in total. The van der Waals surface area contributed by atoms with Gasteiger partial charge in [0.05, 0.1) is 24.5 Å². The molecule has 0 saturated carbocycles. The van der Waals surface area contributed by atoms with Crippen molar-refractivity contribution >= 4 is 5.97 Å². The Morgan fingerprint density at radius 3 is 2.57 bits per heavy atom. The molecule has 1 unspecified atom stereocenters. The number of hydrogen-bond acceptors (Lipinski definition) is 2. The van der Waals surface area contributed by atoms with Gasteiger partial charge in [-0.15, -0.1) is 6.42 Å². The fraction of sp³-hybridized carbons (Fsp3) is 0.500. The van der Waals surface area contributed by atoms with E-state index in [-0.39, 0.29) is 6.10 Å². The molecular formula is C18H24O3. The number of aliphatic carboxylic acids is 1. The van der Waals surface area contributed by atoms with Crippen LogP contribution in [0.5, 0.6) is 0 Å². The van der Waals surface area contributed by atoms with Crippen LogP contribution in [0, 0.1) is 24.2 Å². The summed E-state index contributed by atoms with van der Waals surface area (Å²) in [5, 5.41) is 9.38. The van der Waals surface area contributed by atoms with Crippen molar-refractivity contribution in [3.8, 4) is 12.3 Å². The Morgan fingerprint density at radius 2 is 2.05 bits per heavy atom. The minimum Gasteiger partial charge on any atom is -0.481 e. The lowest BCUT2D eigenvalue weighted by molar-refractivity contribution is -0.145. The SMILES string of the molecule is C#CC([C@H](C)OCc1ccccc1)[C@@H](CCCC)C(=O)O. The second kappa shape index (κ2) is 9.20. The summed E-state index contributed by atoms with van der Waals surface area (Å²) < 4.78 is 5.79. The van der Waals surface area contributed by atoms with Gasteiger partial charge in [-0.1, -0.05) is 56.0 Å². The standard InChI is InChI=1S/C18H24O3/c1-4-6-12-17(18(19)20)16(5-2)14(3)21-13-15-10-8-7-9-11-15/h2,7-11,14,16-17H,4,6,12-13H2,1,3H3,(H,19,20)/t14-,16?,17+/m0/s1. The molecule has 1 N–H and O–H groups in total. The predicted molar refractivity (Wildman–Crippen MR) is 83.7 cm³/mol. The third-order valence-corrected chi connectivity index (χ3v) is 3.67. The normalized spacial score (nSPS) is 14.9. The summed E-state index contributed by atoms with van der Waals surface area (Å²) in [6.45, 7) is 4.34. The van der Waals surface area contributed by atoms with Gasteiger partial charge in [0.1, 0.15) is 0 Å². The molecule has 114 valence electrons. The van der Waals surface area contributed by atoms with Gasteiger partial charge in [0, 0.05) is 0 Å². The van der Waals surface area contributed by atoms with Crippen LogP contribution in [0.4, 0.5) is 0 Å². The number of unbranched alkanes of at least 4 members (excludes halogenated alkanes) is 1. The smallest absolute Gasteiger partial charge is 0.307 e. The van der Waals surface area contributed by atoms with Crippen molar-refractivity contribution < 1.29 is 14.6 Å². The summed E-state index contributed by atoms with van der Waals surface area (Å²) in [6.07, 6.45) is 7.69. The van der Waals surface area contributed by atoms with E-state index in [1.165, 1.54) is 0 Å². The van der Waals surface area contributed by atoms with Crippen LogP contribution in [-0.2, 0) is 16.1 Å². The Hall–Kier alpha value is -1.79. The zero-order chi connectivity index (χ0) is 15.7. The highest BCUT2D eigenvalue weighted by Crippen LogP contribution is 2.24. The summed E-state index contributed by atoms with van der Waals surface area (Å²) in [5.74, 6) is 0.845. The first-order valence-electron chi connectivity index (χ1n) is 7.44. The monoisotopic (exact) mass is 288 g/mol. The molecule has 0 heterocycles. The van der Waals surface area contributed by atoms with E-state index < -0.39 is 17.8 Å². The summed E-state index contributed by atoms with van der Waals surface area (Å²) in [5.41, 5.74) is 1.06. The van der Waals surface area contributed by atoms with Crippen molar-refractivity contribution in [1.82, 2.24) is 0 Å². The predicted octanol–water partition coefficient (Wildman–Crippen LogP) is 3.73. The number of carboxylic acids is 1. The molecule has 0 amide bonds. The fourth-order valence-corrected chi connectivity index (χ4v) is 2.37. The molecule has 0 bridgehead atoms. The maximum atomic E-state index is 11.4. The Bertz CT molecular complexity index is 461. The van der Waals surface area contributed by atoms with Crippen LogP contribution in [0.25, 0.3) is 0 Å². The van der Waals surface area contributed by atoms with Crippen LogP contribution in [0.3, 0.4) is 0 Å². The quantitative estimate of drug-likeness (QED) is 0.704. The largest absolute Gasteiger partial charge is 0.481 e. The van der Waals surface area contributed by atoms with Gasteiger partial charge in [-0.2, -0.15) is 0 Å². The topological polar surface area (TPSA) is 46.5 Å². The second-order valence-electron chi connectivity index (χ2n) is 5.28. The van der Waals surface area contributed by atoms with E-state index in [1.807, 2.05) is 44.2 Å². The summed E-state index contributed by atoms with van der Waals surface area (Å²) in [6, 6.07) is 9.79. The Morgan fingerprint density at radius 1 is 1.38 bits per heavy atom. The van der Waals surface area contributed by atoms with E-state index in [2.05, 4.69) is 5.92 Å². The second-order valence-corrected chi connectivity index (χ2v) is 5.28. The van der Waals surface area contributed by atoms with Gasteiger partial charge >= 0.3 is 5.97 Å². The van der Waals surface area contributed by atoms with Gasteiger partial charge in [0.2, 0.25) is 0 Å². The molecule has 0 aliphatic rings. The number of hydrogen-bond donors (Lipinski definition) is 1. The molecule has 1 aromatic rings. The van der Waals surface area contributed by atoms with Crippen molar-refractivity contribution in [2.45, 2.75) is 45.8 Å². The molecule has 1 rings (SSSR count). The highest BCUT2D eigenvalue weighted by Gasteiger charge is 2.31. The number of carboxylic acid groups (broad SMARTS) is 1. The molecule has 0 spiro atoms. The van der Waals surface area contributed by atoms with E-state index in [4.69, 9.17) is 11.2 Å². The number of terminal acetylenes is 1. The molecule has 0 saturated heterocycles. The maximum Gasteiger partial charge on any atom is 0.307 e. The molecule has 0 aliphatic carbocycles. The molecule has 0 aliphatic heterocycles. The average Bonchev–Trinajstić information content (AvgIpc) is 2.49. The average molecular weight is 288 g/mol. The van der Waals surface area contributed by atoms with Gasteiger partial charge in [0.25, 0.3) is 0 Å². The van der Waals surface area contributed by atoms with Crippen molar-refractivity contribution in [2.75, 3.05) is 0 Å². The molecule has 0 radical (unpaired) electrons. The van der Waals surface area contributed by atoms with E-state index in [0.29, 0.717) is 13.0 Å². The van der Waals surface area contributed by atoms with E-state index in [0.717, 1.165) is 18.4 Å². The number of benzene rings is 1. The molecular weight excluding hydrogens is 264 g/mol. The Kier molecular flexibility index (Phi) is 7.56. The van der Waals surface area contributed by atoms with Crippen LogP contribution in [0.2, 0.25) is 0 Å². The van der Waals surface area contributed by atoms with Gasteiger partial charge in [-0.3, -0.25) is 4.79 Å². The third-order valence-electron chi connectivity index (χ3n) is 3.67. The molecule has 3 atom stereocenters. The van der Waals surface area contributed by atoms with E-state index in [1.54, 1.807) is 0 Å². The van der Waals surface area contributed by atoms with Gasteiger partial charge in [0.15, 0.2) is 0 Å². The zero-order valence-corrected chi connectivity index (χ0v) is 12.8. The van der Waals surface area contributed by atoms with Gasteiger partial charge in [-0.05, 0) is 18.9 Å². The first kappa shape index (κ1) is 17.3. The van der Waals surface area contributed by atoms with Crippen LogP contribution in [-0.4, -0.2) is 17.2 Å². The number of rotatable bonds is 9. The Labute approximate surface area is 127 Å². The lowest BCUT2D eigenvalue weighted by Gasteiger charge is -2.25. The lowest BCUT2D eigenvalue weighted by Crippen LogP contribution is -2.32. The highest BCUT2D eigenvalue weighted by atomic mass is 16.5. The number of carbonyl (C=O) groups is 1. The van der Waals surface area contributed by atoms with Crippen LogP contribution in [0.1, 0.15) is 38.7 Å². The van der Waals surface area contributed by atoms with Crippen molar-refractivity contribution in [3.05, 3.63) is 35.9 Å². The Balaban J connectivity index is 2.64. The summed E-state index contributed by atoms with van der Waals surface area (Å²) in [7, 11) is 0. The summed E-state index contributed by atoms with van der Waals surface area (Å²) in [4.78, 5) is 11.4. The van der Waals surface area contributed by atoms with Crippen molar-refractivity contribution in [3.63, 3.8) is 0 Å². The third kappa shape index (κ3) is 5.61. The molecule has 0 fully saturated rings. The highest BCUT2D eigenvalue weighted by molar-refractivity contribution is 5.71. The summed E-state index contributed by atoms with van der Waals surface area (Å²) >= 11 is 0. The van der Waals surface area contributed by atoms with Crippen molar-refractivity contribution in [2.24, 2.45) is 11.8 Å². The van der Waals surface area contributed by atoms with Crippen LogP contribution < -0.4 is 0 Å². The minimum atomic E-state index is -0.832. The maximum absolute atomic E-state index is 11.4. The molecule has 1 aromatic carbocycles. The van der Waals surface area contributed by atoms with Gasteiger partial charge < -0.3 is 9.84 Å². The van der Waals surface area contributed by atoms with E-state index in [9.17, 15) is 9.90 Å². The first-order valence-corrected chi connectivity index (χ1v) is 7.44. The molecule has 3 heteroatoms. The number of ether oxygens (including phenoxy) is 1. The van der Waals surface area contributed by atoms with E-state index >= 15 is 0 Å². The van der Waals surface area contributed by atoms with Crippen LogP contribution in [0.15, 0.2) is 30.3 Å².